The lowest BCUT2D eigenvalue weighted by molar-refractivity contribution is -0.189. The van der Waals surface area contributed by atoms with Crippen molar-refractivity contribution >= 4 is 34.1 Å². The Morgan fingerprint density at radius 3 is 2.38 bits per heavy atom. The second-order valence-corrected chi connectivity index (χ2v) is 12.4. The molecule has 0 aromatic heterocycles. The number of carbonyl (C=O) groups is 4. The first-order valence-electron chi connectivity index (χ1n) is 15.0. The van der Waals surface area contributed by atoms with Crippen LogP contribution in [-0.4, -0.2) is 91.0 Å². The van der Waals surface area contributed by atoms with Gasteiger partial charge in [-0.2, -0.15) is 13.6 Å². The van der Waals surface area contributed by atoms with Crippen molar-refractivity contribution in [1.82, 2.24) is 25.1 Å². The summed E-state index contributed by atoms with van der Waals surface area (Å²) in [5.41, 5.74) is 2.44. The molecule has 252 valence electrons. The van der Waals surface area contributed by atoms with E-state index in [1.165, 1.54) is 29.2 Å². The van der Waals surface area contributed by atoms with Crippen molar-refractivity contribution in [3.63, 3.8) is 0 Å². The van der Waals surface area contributed by atoms with E-state index >= 15 is 0 Å². The summed E-state index contributed by atoms with van der Waals surface area (Å²) in [6.07, 6.45) is 0.752. The predicted molar refractivity (Wildman–Crippen MR) is 174 cm³/mol. The molecule has 3 aromatic rings. The molecule has 48 heavy (non-hydrogen) atoms. The number of nitrogens with zero attached hydrogens (tertiary/aromatic N) is 4. The van der Waals surface area contributed by atoms with Gasteiger partial charge in [0.25, 0.3) is 0 Å². The Kier molecular flexibility index (Phi) is 10.4. The van der Waals surface area contributed by atoms with Crippen LogP contribution in [0.4, 0.5) is 4.79 Å². The van der Waals surface area contributed by atoms with Crippen molar-refractivity contribution in [1.29, 1.82) is 0 Å². The Morgan fingerprint density at radius 1 is 1.00 bits per heavy atom. The van der Waals surface area contributed by atoms with Crippen LogP contribution >= 0.6 is 0 Å². The molecule has 2 atom stereocenters. The van der Waals surface area contributed by atoms with E-state index in [4.69, 9.17) is 14.1 Å². The van der Waals surface area contributed by atoms with Gasteiger partial charge in [0.1, 0.15) is 18.0 Å². The minimum absolute atomic E-state index is 0.0168. The molecule has 3 aromatic carbocycles. The SMILES string of the molecule is C=CCN1CC(=O)N2[C@@H](Cc3ccc(OS(N)(=O)=O)cc3)C(=O)N(Cc3cccc(C(=O)OC)c3)C[C@@H]2N1C(=O)NCc1ccccc1. The van der Waals surface area contributed by atoms with Gasteiger partial charge in [-0.3, -0.25) is 9.59 Å². The number of nitrogens with one attached hydrogen (secondary N) is 1. The maximum absolute atomic E-state index is 14.2. The van der Waals surface area contributed by atoms with Gasteiger partial charge < -0.3 is 24.0 Å². The number of fused-ring (bicyclic) bond motifs is 1. The van der Waals surface area contributed by atoms with Gasteiger partial charge in [0.05, 0.1) is 25.8 Å². The molecule has 0 saturated carbocycles. The zero-order valence-corrected chi connectivity index (χ0v) is 27.0. The second kappa shape index (κ2) is 14.7. The quantitative estimate of drug-likeness (QED) is 0.227. The lowest BCUT2D eigenvalue weighted by Gasteiger charge is -2.55. The van der Waals surface area contributed by atoms with Crippen LogP contribution in [0.3, 0.4) is 0 Å². The first-order valence-corrected chi connectivity index (χ1v) is 16.5. The van der Waals surface area contributed by atoms with E-state index in [1.54, 1.807) is 52.4 Å². The number of rotatable bonds is 11. The molecule has 2 aliphatic heterocycles. The van der Waals surface area contributed by atoms with Crippen molar-refractivity contribution in [3.05, 3.63) is 114 Å². The summed E-state index contributed by atoms with van der Waals surface area (Å²) in [7, 11) is -2.96. The van der Waals surface area contributed by atoms with Crippen LogP contribution in [0.1, 0.15) is 27.0 Å². The lowest BCUT2D eigenvalue weighted by Crippen LogP contribution is -2.76. The fourth-order valence-electron chi connectivity index (χ4n) is 5.87. The number of methoxy groups -OCH3 is 1. The monoisotopic (exact) mass is 676 g/mol. The molecule has 5 rings (SSSR count). The number of urea groups is 1. The topological polar surface area (TPSA) is 172 Å². The minimum atomic E-state index is -4.24. The molecule has 2 fully saturated rings. The Bertz CT molecular complexity index is 1790. The normalized spacial score (nSPS) is 18.2. The molecule has 0 bridgehead atoms. The first kappa shape index (κ1) is 34.1. The summed E-state index contributed by atoms with van der Waals surface area (Å²) in [5, 5.41) is 11.0. The van der Waals surface area contributed by atoms with E-state index in [0.717, 1.165) is 5.56 Å². The van der Waals surface area contributed by atoms with Gasteiger partial charge in [-0.05, 0) is 41.0 Å². The van der Waals surface area contributed by atoms with Crippen LogP contribution in [-0.2, 0) is 44.1 Å². The highest BCUT2D eigenvalue weighted by atomic mass is 32.2. The highest BCUT2D eigenvalue weighted by Gasteiger charge is 2.51. The summed E-state index contributed by atoms with van der Waals surface area (Å²) in [6.45, 7) is 4.12. The molecule has 3 N–H and O–H groups in total. The van der Waals surface area contributed by atoms with Crippen LogP contribution < -0.4 is 14.6 Å². The summed E-state index contributed by atoms with van der Waals surface area (Å²) >= 11 is 0. The van der Waals surface area contributed by atoms with Gasteiger partial charge in [-0.1, -0.05) is 60.7 Å². The molecular weight excluding hydrogens is 640 g/mol. The number of carbonyl (C=O) groups excluding carboxylic acids is 4. The Morgan fingerprint density at radius 2 is 1.71 bits per heavy atom. The van der Waals surface area contributed by atoms with E-state index in [0.29, 0.717) is 16.7 Å². The Balaban J connectivity index is 1.50. The zero-order valence-electron chi connectivity index (χ0n) is 26.2. The van der Waals surface area contributed by atoms with E-state index in [2.05, 4.69) is 11.9 Å². The van der Waals surface area contributed by atoms with Crippen molar-refractivity contribution in [3.8, 4) is 5.75 Å². The Hall–Kier alpha value is -5.25. The summed E-state index contributed by atoms with van der Waals surface area (Å²) in [5.74, 6) is -1.26. The third-order valence-electron chi connectivity index (χ3n) is 7.95. The van der Waals surface area contributed by atoms with Crippen LogP contribution in [0, 0.1) is 0 Å². The average Bonchev–Trinajstić information content (AvgIpc) is 3.06. The number of ether oxygens (including phenoxy) is 1. The molecule has 0 spiro atoms. The molecule has 2 aliphatic rings. The molecule has 4 amide bonds. The predicted octanol–water partition coefficient (Wildman–Crippen LogP) is 1.79. The number of piperazine rings is 1. The highest BCUT2D eigenvalue weighted by molar-refractivity contribution is 7.84. The van der Waals surface area contributed by atoms with Crippen molar-refractivity contribution in [2.75, 3.05) is 26.7 Å². The van der Waals surface area contributed by atoms with Crippen LogP contribution in [0.5, 0.6) is 5.75 Å². The van der Waals surface area contributed by atoms with Crippen LogP contribution in [0.15, 0.2) is 91.5 Å². The van der Waals surface area contributed by atoms with Crippen LogP contribution in [0.2, 0.25) is 0 Å². The standard InChI is InChI=1S/C33H36N6O8S/c1-3-16-37-22-30(40)38-28(18-23-12-14-27(15-13-23)47-48(34,44)45)31(41)36(20-25-10-7-11-26(17-25)32(42)46-2)21-29(38)39(37)33(43)35-19-24-8-5-4-6-9-24/h3-15,17,28-29H,1,16,18-22H2,2H3,(H,35,43)(H2,34,44,45)/t28-,29-/m0/s1. The van der Waals surface area contributed by atoms with Gasteiger partial charge in [-0.15, -0.1) is 6.58 Å². The highest BCUT2D eigenvalue weighted by Crippen LogP contribution is 2.30. The maximum Gasteiger partial charge on any atom is 0.380 e. The van der Waals surface area contributed by atoms with Gasteiger partial charge in [0.15, 0.2) is 0 Å². The number of nitrogens with two attached hydrogens (primary N) is 1. The molecule has 2 saturated heterocycles. The number of benzene rings is 3. The third-order valence-corrected chi connectivity index (χ3v) is 8.38. The molecule has 0 aliphatic carbocycles. The van der Waals surface area contributed by atoms with Crippen molar-refractivity contribution < 1.29 is 36.5 Å². The van der Waals surface area contributed by atoms with E-state index in [1.807, 2.05) is 30.3 Å². The number of hydrogen-bond donors (Lipinski definition) is 2. The van der Waals surface area contributed by atoms with Crippen LogP contribution in [0.25, 0.3) is 0 Å². The van der Waals surface area contributed by atoms with Crippen molar-refractivity contribution in [2.45, 2.75) is 31.7 Å². The lowest BCUT2D eigenvalue weighted by atomic mass is 9.98. The number of hydrazine groups is 1. The number of esters is 1. The smallest absolute Gasteiger partial charge is 0.380 e. The Labute approximate surface area is 278 Å². The molecule has 15 heteroatoms. The average molecular weight is 677 g/mol. The van der Waals surface area contributed by atoms with E-state index < -0.39 is 34.5 Å². The summed E-state index contributed by atoms with van der Waals surface area (Å²) in [4.78, 5) is 57.2. The fourth-order valence-corrected chi connectivity index (χ4v) is 6.25. The van der Waals surface area contributed by atoms with Gasteiger partial charge in [-0.25, -0.2) is 19.6 Å². The zero-order chi connectivity index (χ0) is 34.4. The van der Waals surface area contributed by atoms with Gasteiger partial charge in [0, 0.05) is 26.1 Å². The first-order chi connectivity index (χ1) is 23.0. The van der Waals surface area contributed by atoms with Gasteiger partial charge >= 0.3 is 22.3 Å². The number of amides is 4. The van der Waals surface area contributed by atoms with E-state index in [-0.39, 0.29) is 56.7 Å². The largest absolute Gasteiger partial charge is 0.465 e. The molecule has 0 radical (unpaired) electrons. The summed E-state index contributed by atoms with van der Waals surface area (Å²) in [6, 6.07) is 20.5. The van der Waals surface area contributed by atoms with Crippen molar-refractivity contribution in [2.24, 2.45) is 5.14 Å². The molecule has 14 nitrogen and oxygen atoms in total. The molecular formula is C33H36N6O8S. The molecule has 2 heterocycles. The molecule has 0 unspecified atom stereocenters. The van der Waals surface area contributed by atoms with E-state index in [9.17, 15) is 27.6 Å². The minimum Gasteiger partial charge on any atom is -0.465 e. The fraction of sp³-hybridized carbons (Fsp3) is 0.273. The van der Waals surface area contributed by atoms with Gasteiger partial charge in [0.2, 0.25) is 11.8 Å². The third kappa shape index (κ3) is 7.99. The maximum atomic E-state index is 14.2. The second-order valence-electron chi connectivity index (χ2n) is 11.3. The summed E-state index contributed by atoms with van der Waals surface area (Å²) < 4.78 is 32.3. The number of hydrogen-bond acceptors (Lipinski definition) is 9.